The standard InChI is InChI=1S/C27H30BN3O5/c1-34-23-4-3-20-15-21(18-32)27(33)30(24(20)16-23)11-10-29-8-6-22(7-9-29)31(28)17-19-2-5-25-26(14-19)36-13-12-35-25/h2-5,14-16,18,22H,6-13,17H2,1H3. The Labute approximate surface area is 211 Å². The van der Waals surface area contributed by atoms with Crippen LogP contribution in [0.3, 0.4) is 0 Å². The highest BCUT2D eigenvalue weighted by atomic mass is 16.6. The zero-order valence-electron chi connectivity index (χ0n) is 20.5. The third-order valence-corrected chi connectivity index (χ3v) is 7.10. The fourth-order valence-corrected chi connectivity index (χ4v) is 5.05. The quantitative estimate of drug-likeness (QED) is 0.357. The van der Waals surface area contributed by atoms with Gasteiger partial charge in [-0.2, -0.15) is 0 Å². The maximum atomic E-state index is 12.9. The molecule has 0 bridgehead atoms. The minimum atomic E-state index is -0.270. The summed E-state index contributed by atoms with van der Waals surface area (Å²) in [7, 11) is 8.06. The smallest absolute Gasteiger partial charge is 0.261 e. The van der Waals surface area contributed by atoms with Gasteiger partial charge in [0.1, 0.15) is 19.0 Å². The van der Waals surface area contributed by atoms with E-state index in [-0.39, 0.29) is 17.2 Å². The molecule has 2 radical (unpaired) electrons. The van der Waals surface area contributed by atoms with Gasteiger partial charge in [0, 0.05) is 31.7 Å². The van der Waals surface area contributed by atoms with Crippen LogP contribution in [0.4, 0.5) is 0 Å². The highest BCUT2D eigenvalue weighted by molar-refractivity contribution is 6.04. The number of hydrogen-bond acceptors (Lipinski definition) is 7. The largest absolute Gasteiger partial charge is 0.497 e. The van der Waals surface area contributed by atoms with Gasteiger partial charge in [-0.15, -0.1) is 0 Å². The van der Waals surface area contributed by atoms with Crippen molar-refractivity contribution in [3.8, 4) is 17.2 Å². The van der Waals surface area contributed by atoms with Crippen molar-refractivity contribution in [1.29, 1.82) is 0 Å². The first-order chi connectivity index (χ1) is 17.6. The van der Waals surface area contributed by atoms with Crippen LogP contribution in [0.25, 0.3) is 10.9 Å². The van der Waals surface area contributed by atoms with Crippen LogP contribution in [0.15, 0.2) is 47.3 Å². The maximum Gasteiger partial charge on any atom is 0.261 e. The molecule has 0 N–H and O–H groups in total. The summed E-state index contributed by atoms with van der Waals surface area (Å²) in [5, 5.41) is 0.842. The highest BCUT2D eigenvalue weighted by Gasteiger charge is 2.23. The van der Waals surface area contributed by atoms with Gasteiger partial charge in [-0.05, 0) is 67.2 Å². The van der Waals surface area contributed by atoms with Gasteiger partial charge >= 0.3 is 0 Å². The first-order valence-corrected chi connectivity index (χ1v) is 12.3. The lowest BCUT2D eigenvalue weighted by Gasteiger charge is -2.37. The molecular weight excluding hydrogens is 457 g/mol. The molecule has 2 aliphatic rings. The first kappa shape index (κ1) is 24.4. The Hall–Kier alpha value is -3.30. The van der Waals surface area contributed by atoms with E-state index in [4.69, 9.17) is 22.2 Å². The number of piperidine rings is 1. The van der Waals surface area contributed by atoms with Crippen LogP contribution in [0, 0.1) is 0 Å². The average molecular weight is 487 g/mol. The van der Waals surface area contributed by atoms with Crippen LogP contribution >= 0.6 is 0 Å². The Kier molecular flexibility index (Phi) is 7.29. The number of nitrogens with zero attached hydrogens (tertiary/aromatic N) is 3. The number of aromatic nitrogens is 1. The van der Waals surface area contributed by atoms with Crippen LogP contribution in [0.5, 0.6) is 17.2 Å². The number of fused-ring (bicyclic) bond motifs is 2. The van der Waals surface area contributed by atoms with Crippen LogP contribution in [0.1, 0.15) is 28.8 Å². The molecule has 0 unspecified atom stereocenters. The van der Waals surface area contributed by atoms with Crippen LogP contribution in [-0.2, 0) is 13.1 Å². The molecule has 186 valence electrons. The number of pyridine rings is 1. The van der Waals surface area contributed by atoms with Gasteiger partial charge in [0.25, 0.3) is 5.56 Å². The Morgan fingerprint density at radius 3 is 2.58 bits per heavy atom. The van der Waals surface area contributed by atoms with Gasteiger partial charge in [-0.25, -0.2) is 0 Å². The van der Waals surface area contributed by atoms with Gasteiger partial charge in [0.05, 0.1) is 18.2 Å². The Morgan fingerprint density at radius 1 is 1.06 bits per heavy atom. The average Bonchev–Trinajstić information content (AvgIpc) is 2.92. The molecule has 3 heterocycles. The summed E-state index contributed by atoms with van der Waals surface area (Å²) in [5.74, 6) is 2.24. The third-order valence-electron chi connectivity index (χ3n) is 7.10. The van der Waals surface area contributed by atoms with Crippen molar-refractivity contribution in [3.63, 3.8) is 0 Å². The molecule has 2 aromatic carbocycles. The van der Waals surface area contributed by atoms with E-state index < -0.39 is 0 Å². The molecule has 36 heavy (non-hydrogen) atoms. The van der Waals surface area contributed by atoms with E-state index >= 15 is 0 Å². The number of carbonyl (C=O) groups is 1. The molecule has 2 aliphatic heterocycles. The Balaban J connectivity index is 1.20. The molecule has 9 heteroatoms. The number of rotatable bonds is 8. The molecule has 5 rings (SSSR count). The highest BCUT2D eigenvalue weighted by Crippen LogP contribution is 2.31. The van der Waals surface area contributed by atoms with Gasteiger partial charge in [0.2, 0.25) is 0 Å². The third kappa shape index (κ3) is 5.13. The van der Waals surface area contributed by atoms with Crippen molar-refractivity contribution in [2.24, 2.45) is 0 Å². The number of hydrogen-bond donors (Lipinski definition) is 0. The number of methoxy groups -OCH3 is 1. The van der Waals surface area contributed by atoms with Crippen molar-refractivity contribution in [2.45, 2.75) is 32.0 Å². The molecule has 8 nitrogen and oxygen atoms in total. The first-order valence-electron chi connectivity index (χ1n) is 12.3. The van der Waals surface area contributed by atoms with E-state index in [0.717, 1.165) is 53.9 Å². The van der Waals surface area contributed by atoms with Crippen molar-refractivity contribution in [3.05, 3.63) is 63.9 Å². The van der Waals surface area contributed by atoms with Gasteiger partial charge in [0.15, 0.2) is 25.8 Å². The van der Waals surface area contributed by atoms with E-state index in [0.29, 0.717) is 44.9 Å². The molecule has 0 spiro atoms. The van der Waals surface area contributed by atoms with Crippen molar-refractivity contribution in [2.75, 3.05) is 40.0 Å². The molecule has 1 aromatic heterocycles. The lowest BCUT2D eigenvalue weighted by atomic mass is 9.99. The second kappa shape index (κ2) is 10.8. The lowest BCUT2D eigenvalue weighted by Crippen LogP contribution is -2.44. The zero-order valence-corrected chi connectivity index (χ0v) is 20.5. The number of carbonyl (C=O) groups excluding carboxylic acids is 1. The fraction of sp³-hybridized carbons (Fsp3) is 0.407. The predicted molar refractivity (Wildman–Crippen MR) is 138 cm³/mol. The Bertz CT molecular complexity index is 1300. The number of likely N-dealkylation sites (tertiary alicyclic amines) is 1. The summed E-state index contributed by atoms with van der Waals surface area (Å²) in [6, 6.07) is 13.5. The molecule has 0 saturated carbocycles. The van der Waals surface area contributed by atoms with E-state index in [1.807, 2.05) is 41.2 Å². The molecular formula is C27H30BN3O5. The molecule has 0 atom stereocenters. The summed E-state index contributed by atoms with van der Waals surface area (Å²) in [4.78, 5) is 28.7. The van der Waals surface area contributed by atoms with E-state index in [9.17, 15) is 9.59 Å². The topological polar surface area (TPSA) is 73.2 Å². The number of aldehydes is 1. The van der Waals surface area contributed by atoms with Gasteiger partial charge < -0.3 is 28.5 Å². The summed E-state index contributed by atoms with van der Waals surface area (Å²) in [6.07, 6.45) is 2.52. The van der Waals surface area contributed by atoms with Crippen LogP contribution in [0.2, 0.25) is 0 Å². The summed E-state index contributed by atoms with van der Waals surface area (Å²) in [6.45, 7) is 4.78. The second-order valence-corrected chi connectivity index (χ2v) is 9.32. The summed E-state index contributed by atoms with van der Waals surface area (Å²) < 4.78 is 18.3. The lowest BCUT2D eigenvalue weighted by molar-refractivity contribution is 0.112. The SMILES string of the molecule is [B]N(Cc1ccc2c(c1)OCCO2)C1CCN(CCn2c(=O)c(C=O)cc3ccc(OC)cc32)CC1. The zero-order chi connectivity index (χ0) is 25.1. The summed E-state index contributed by atoms with van der Waals surface area (Å²) in [5.41, 5.74) is 1.77. The monoisotopic (exact) mass is 487 g/mol. The van der Waals surface area contributed by atoms with Crippen LogP contribution < -0.4 is 19.8 Å². The molecule has 0 amide bonds. The van der Waals surface area contributed by atoms with Crippen molar-refractivity contribution in [1.82, 2.24) is 14.3 Å². The van der Waals surface area contributed by atoms with Gasteiger partial charge in [-0.3, -0.25) is 9.59 Å². The van der Waals surface area contributed by atoms with Gasteiger partial charge in [-0.1, -0.05) is 6.07 Å². The molecule has 0 aliphatic carbocycles. The predicted octanol–water partition coefficient (Wildman–Crippen LogP) is 2.64. The number of benzene rings is 2. The summed E-state index contributed by atoms with van der Waals surface area (Å²) >= 11 is 0. The van der Waals surface area contributed by atoms with E-state index in [2.05, 4.69) is 4.90 Å². The Morgan fingerprint density at radius 2 is 1.83 bits per heavy atom. The maximum absolute atomic E-state index is 12.9. The number of ether oxygens (including phenoxy) is 3. The minimum absolute atomic E-state index is 0.171. The van der Waals surface area contributed by atoms with E-state index in [1.165, 1.54) is 0 Å². The van der Waals surface area contributed by atoms with Crippen LogP contribution in [-0.4, -0.2) is 74.5 Å². The second-order valence-electron chi connectivity index (χ2n) is 9.32. The molecule has 1 saturated heterocycles. The normalized spacial score (nSPS) is 16.4. The van der Waals surface area contributed by atoms with Crippen molar-refractivity contribution >= 4 is 25.2 Å². The van der Waals surface area contributed by atoms with Crippen molar-refractivity contribution < 1.29 is 19.0 Å². The molecule has 1 fully saturated rings. The van der Waals surface area contributed by atoms with E-state index in [1.54, 1.807) is 17.7 Å². The fourth-order valence-electron chi connectivity index (χ4n) is 5.05. The molecule has 3 aromatic rings. The minimum Gasteiger partial charge on any atom is -0.497 e.